The summed E-state index contributed by atoms with van der Waals surface area (Å²) in [6.45, 7) is 8.39. The minimum atomic E-state index is -0.406. The molecule has 0 saturated heterocycles. The summed E-state index contributed by atoms with van der Waals surface area (Å²) in [7, 11) is 2.07. The van der Waals surface area contributed by atoms with Gasteiger partial charge in [-0.1, -0.05) is 6.92 Å². The molecule has 0 spiro atoms. The van der Waals surface area contributed by atoms with E-state index in [4.69, 9.17) is 5.73 Å². The zero-order valence-electron chi connectivity index (χ0n) is 12.4. The van der Waals surface area contributed by atoms with E-state index in [1.165, 1.54) is 6.42 Å². The zero-order chi connectivity index (χ0) is 14.2. The second kappa shape index (κ2) is 5.51. The largest absolute Gasteiger partial charge is 0.396 e. The molecule has 1 aliphatic rings. The second-order valence-corrected chi connectivity index (χ2v) is 6.11. The van der Waals surface area contributed by atoms with Crippen LogP contribution in [0.25, 0.3) is 0 Å². The van der Waals surface area contributed by atoms with Crippen LogP contribution >= 0.6 is 0 Å². The highest BCUT2D eigenvalue weighted by Gasteiger charge is 2.33. The average Bonchev–Trinajstić information content (AvgIpc) is 2.95. The fourth-order valence-electron chi connectivity index (χ4n) is 2.63. The number of aryl methyl sites for hydroxylation is 1. The van der Waals surface area contributed by atoms with Crippen LogP contribution in [0.5, 0.6) is 0 Å². The molecule has 0 aliphatic heterocycles. The van der Waals surface area contributed by atoms with Gasteiger partial charge in [0.25, 0.3) is 0 Å². The molecule has 5 heteroatoms. The van der Waals surface area contributed by atoms with Gasteiger partial charge in [0.05, 0.1) is 29.7 Å². The number of hydrogen-bond donors (Lipinski definition) is 2. The maximum atomic E-state index is 10.2. The number of aliphatic hydroxyl groups is 1. The van der Waals surface area contributed by atoms with Crippen molar-refractivity contribution in [3.05, 3.63) is 11.4 Å². The topological polar surface area (TPSA) is 67.3 Å². The van der Waals surface area contributed by atoms with Crippen LogP contribution in [0.1, 0.15) is 24.7 Å². The Morgan fingerprint density at radius 3 is 2.63 bits per heavy atom. The molecule has 0 bridgehead atoms. The van der Waals surface area contributed by atoms with E-state index >= 15 is 0 Å². The summed E-state index contributed by atoms with van der Waals surface area (Å²) >= 11 is 0. The van der Waals surface area contributed by atoms with Crippen LogP contribution in [0.2, 0.25) is 0 Å². The number of nitrogens with zero attached hydrogens (tertiary/aromatic N) is 3. The van der Waals surface area contributed by atoms with E-state index in [9.17, 15) is 5.11 Å². The molecule has 1 aliphatic carbocycles. The van der Waals surface area contributed by atoms with Gasteiger partial charge in [-0.3, -0.25) is 4.68 Å². The first-order valence-corrected chi connectivity index (χ1v) is 7.04. The third kappa shape index (κ3) is 3.48. The number of aromatic nitrogens is 2. The maximum absolute atomic E-state index is 10.2. The Morgan fingerprint density at radius 1 is 1.53 bits per heavy atom. The van der Waals surface area contributed by atoms with Crippen molar-refractivity contribution >= 4 is 5.69 Å². The first-order valence-electron chi connectivity index (χ1n) is 7.04. The Kier molecular flexibility index (Phi) is 4.16. The van der Waals surface area contributed by atoms with Crippen molar-refractivity contribution in [2.75, 3.05) is 25.9 Å². The highest BCUT2D eigenvalue weighted by molar-refractivity contribution is 5.46. The number of rotatable bonds is 6. The quantitative estimate of drug-likeness (QED) is 0.807. The molecule has 3 atom stereocenters. The molecule has 0 aromatic carbocycles. The van der Waals surface area contributed by atoms with Crippen molar-refractivity contribution in [3.63, 3.8) is 0 Å². The van der Waals surface area contributed by atoms with E-state index in [2.05, 4.69) is 24.0 Å². The summed E-state index contributed by atoms with van der Waals surface area (Å²) in [5.41, 5.74) is 8.40. The minimum Gasteiger partial charge on any atom is -0.396 e. The van der Waals surface area contributed by atoms with Crippen LogP contribution < -0.4 is 5.73 Å². The van der Waals surface area contributed by atoms with Crippen LogP contribution in [-0.2, 0) is 6.54 Å². The lowest BCUT2D eigenvalue weighted by molar-refractivity contribution is 0.103. The van der Waals surface area contributed by atoms with Gasteiger partial charge >= 0.3 is 0 Å². The highest BCUT2D eigenvalue weighted by atomic mass is 16.3. The third-order valence-corrected chi connectivity index (χ3v) is 4.17. The Balaban J connectivity index is 1.83. The summed E-state index contributed by atoms with van der Waals surface area (Å²) in [5, 5.41) is 14.5. The van der Waals surface area contributed by atoms with Crippen molar-refractivity contribution in [3.8, 4) is 0 Å². The lowest BCUT2D eigenvalue weighted by atomic mass is 10.2. The second-order valence-electron chi connectivity index (χ2n) is 6.11. The summed E-state index contributed by atoms with van der Waals surface area (Å²) in [6.07, 6.45) is 0.922. The van der Waals surface area contributed by atoms with Gasteiger partial charge in [-0.2, -0.15) is 5.10 Å². The zero-order valence-corrected chi connectivity index (χ0v) is 12.4. The predicted octanol–water partition coefficient (Wildman–Crippen LogP) is 1.03. The van der Waals surface area contributed by atoms with Gasteiger partial charge < -0.3 is 15.7 Å². The summed E-state index contributed by atoms with van der Waals surface area (Å²) in [5.74, 6) is 1.68. The molecule has 1 saturated carbocycles. The molecule has 19 heavy (non-hydrogen) atoms. The molecule has 108 valence electrons. The van der Waals surface area contributed by atoms with Crippen LogP contribution in [0.3, 0.4) is 0 Å². The fraction of sp³-hybridized carbons (Fsp3) is 0.786. The van der Waals surface area contributed by atoms with Gasteiger partial charge in [0.2, 0.25) is 0 Å². The lowest BCUT2D eigenvalue weighted by Gasteiger charge is -2.21. The van der Waals surface area contributed by atoms with Gasteiger partial charge in [0.15, 0.2) is 0 Å². The van der Waals surface area contributed by atoms with E-state index in [-0.39, 0.29) is 0 Å². The average molecular weight is 266 g/mol. The first-order chi connectivity index (χ1) is 8.88. The number of likely N-dealkylation sites (N-methyl/N-ethyl adjacent to an activating group) is 1. The lowest BCUT2D eigenvalue weighted by Crippen LogP contribution is -2.34. The molecule has 3 unspecified atom stereocenters. The van der Waals surface area contributed by atoms with Crippen molar-refractivity contribution in [1.82, 2.24) is 14.7 Å². The smallest absolute Gasteiger partial charge is 0.0862 e. The molecular weight excluding hydrogens is 240 g/mol. The standard InChI is InChI=1S/C14H26N4O/c1-9-5-12(9)6-17(4)7-13(19)8-18-11(3)14(15)10(2)16-18/h9,12-13,19H,5-8,15H2,1-4H3. The molecule has 0 amide bonds. The maximum Gasteiger partial charge on any atom is 0.0862 e. The number of anilines is 1. The normalized spacial score (nSPS) is 23.9. The number of nitrogens with two attached hydrogens (primary N) is 1. The van der Waals surface area contributed by atoms with E-state index in [0.29, 0.717) is 13.1 Å². The van der Waals surface area contributed by atoms with Crippen molar-refractivity contribution < 1.29 is 5.11 Å². The highest BCUT2D eigenvalue weighted by Crippen LogP contribution is 2.37. The minimum absolute atomic E-state index is 0.406. The van der Waals surface area contributed by atoms with Gasteiger partial charge in [-0.05, 0) is 39.2 Å². The molecular formula is C14H26N4O. The van der Waals surface area contributed by atoms with Crippen LogP contribution in [0, 0.1) is 25.7 Å². The number of nitrogen functional groups attached to an aromatic ring is 1. The predicted molar refractivity (Wildman–Crippen MR) is 76.9 cm³/mol. The van der Waals surface area contributed by atoms with E-state index < -0.39 is 6.10 Å². The van der Waals surface area contributed by atoms with Gasteiger partial charge in [-0.15, -0.1) is 0 Å². The van der Waals surface area contributed by atoms with Gasteiger partial charge in [0, 0.05) is 13.1 Å². The van der Waals surface area contributed by atoms with E-state index in [1.54, 1.807) is 0 Å². The van der Waals surface area contributed by atoms with Crippen LogP contribution in [0.4, 0.5) is 5.69 Å². The van der Waals surface area contributed by atoms with Crippen molar-refractivity contribution in [2.24, 2.45) is 11.8 Å². The fourth-order valence-corrected chi connectivity index (χ4v) is 2.63. The molecule has 1 fully saturated rings. The SMILES string of the molecule is Cc1nn(CC(O)CN(C)CC2CC2C)c(C)c1N. The first kappa shape index (κ1) is 14.3. The van der Waals surface area contributed by atoms with Crippen LogP contribution in [0.15, 0.2) is 0 Å². The number of aliphatic hydroxyl groups excluding tert-OH is 1. The Bertz CT molecular complexity index is 443. The van der Waals surface area contributed by atoms with Gasteiger partial charge in [0.1, 0.15) is 0 Å². The molecule has 1 heterocycles. The molecule has 2 rings (SSSR count). The summed E-state index contributed by atoms with van der Waals surface area (Å²) < 4.78 is 1.81. The Hall–Kier alpha value is -1.07. The molecule has 1 aromatic heterocycles. The Morgan fingerprint density at radius 2 is 2.16 bits per heavy atom. The van der Waals surface area contributed by atoms with Crippen molar-refractivity contribution in [2.45, 2.75) is 39.8 Å². The monoisotopic (exact) mass is 266 g/mol. The molecule has 3 N–H and O–H groups in total. The molecule has 5 nitrogen and oxygen atoms in total. The molecule has 1 aromatic rings. The third-order valence-electron chi connectivity index (χ3n) is 4.17. The van der Waals surface area contributed by atoms with Crippen LogP contribution in [-0.4, -0.2) is 46.0 Å². The number of hydrogen-bond acceptors (Lipinski definition) is 4. The molecule has 0 radical (unpaired) electrons. The van der Waals surface area contributed by atoms with Crippen molar-refractivity contribution in [1.29, 1.82) is 0 Å². The Labute approximate surface area is 115 Å². The summed E-state index contributed by atoms with van der Waals surface area (Å²) in [4.78, 5) is 2.22. The van der Waals surface area contributed by atoms with E-state index in [0.717, 1.165) is 35.5 Å². The van der Waals surface area contributed by atoms with E-state index in [1.807, 2.05) is 18.5 Å². The summed E-state index contributed by atoms with van der Waals surface area (Å²) in [6, 6.07) is 0. The van der Waals surface area contributed by atoms with Gasteiger partial charge in [-0.25, -0.2) is 0 Å².